The SMILES string of the molecule is CC1(C)OB(c2ccc3c(c2)C(c2ccccc2)(c2ccccc2)c2cc(-c4ccncc4)ccc2-3)OC1(C)C. The third kappa shape index (κ3) is 3.63. The van der Waals surface area contributed by atoms with Crippen LogP contribution in [0.5, 0.6) is 0 Å². The summed E-state index contributed by atoms with van der Waals surface area (Å²) < 4.78 is 13.0. The highest BCUT2D eigenvalue weighted by Gasteiger charge is 2.53. The van der Waals surface area contributed by atoms with Crippen molar-refractivity contribution in [3.63, 3.8) is 0 Å². The summed E-state index contributed by atoms with van der Waals surface area (Å²) in [6, 6.07) is 39.6. The second-order valence-corrected chi connectivity index (χ2v) is 11.9. The van der Waals surface area contributed by atoms with Crippen LogP contribution in [0.15, 0.2) is 122 Å². The van der Waals surface area contributed by atoms with Gasteiger partial charge in [0.2, 0.25) is 0 Å². The van der Waals surface area contributed by atoms with Crippen LogP contribution in [0.4, 0.5) is 0 Å². The fourth-order valence-electron chi connectivity index (χ4n) is 6.36. The number of benzene rings is 4. The van der Waals surface area contributed by atoms with Gasteiger partial charge < -0.3 is 9.31 Å². The van der Waals surface area contributed by atoms with E-state index in [9.17, 15) is 0 Å². The van der Waals surface area contributed by atoms with E-state index in [0.717, 1.165) is 11.0 Å². The first-order chi connectivity index (χ1) is 19.3. The summed E-state index contributed by atoms with van der Waals surface area (Å²) in [6.45, 7) is 8.42. The molecular weight excluding hydrogens is 489 g/mol. The zero-order chi connectivity index (χ0) is 27.5. The van der Waals surface area contributed by atoms with Gasteiger partial charge >= 0.3 is 7.12 Å². The molecule has 1 fully saturated rings. The van der Waals surface area contributed by atoms with Gasteiger partial charge in [0, 0.05) is 12.4 Å². The molecule has 0 N–H and O–H groups in total. The highest BCUT2D eigenvalue weighted by Crippen LogP contribution is 2.56. The van der Waals surface area contributed by atoms with E-state index in [4.69, 9.17) is 9.31 Å². The van der Waals surface area contributed by atoms with Gasteiger partial charge in [0.05, 0.1) is 16.6 Å². The summed E-state index contributed by atoms with van der Waals surface area (Å²) in [5.74, 6) is 0. The number of fused-ring (bicyclic) bond motifs is 3. The Labute approximate surface area is 237 Å². The minimum absolute atomic E-state index is 0.408. The molecule has 5 aromatic rings. The molecule has 1 aliphatic heterocycles. The predicted octanol–water partition coefficient (Wildman–Crippen LogP) is 7.41. The van der Waals surface area contributed by atoms with Crippen LogP contribution in [-0.4, -0.2) is 23.3 Å². The molecule has 0 spiro atoms. The largest absolute Gasteiger partial charge is 0.494 e. The molecule has 1 aromatic heterocycles. The number of nitrogens with zero attached hydrogens (tertiary/aromatic N) is 1. The number of hydrogen-bond acceptors (Lipinski definition) is 3. The van der Waals surface area contributed by atoms with Crippen LogP contribution in [0, 0.1) is 0 Å². The van der Waals surface area contributed by atoms with Crippen LogP contribution < -0.4 is 5.46 Å². The molecule has 4 heteroatoms. The van der Waals surface area contributed by atoms with Crippen molar-refractivity contribution in [3.8, 4) is 22.3 Å². The average Bonchev–Trinajstić information content (AvgIpc) is 3.40. The lowest BCUT2D eigenvalue weighted by atomic mass is 9.66. The van der Waals surface area contributed by atoms with Gasteiger partial charge in [-0.25, -0.2) is 0 Å². The van der Waals surface area contributed by atoms with E-state index in [1.54, 1.807) is 0 Å². The quantitative estimate of drug-likeness (QED) is 0.227. The fraction of sp³-hybridized carbons (Fsp3) is 0.194. The summed E-state index contributed by atoms with van der Waals surface area (Å²) >= 11 is 0. The standard InChI is InChI=1S/C36H32BNO2/c1-34(2)35(3,4)40-37(39-34)29-16-18-31-30-17-15-26(25-19-21-38-22-20-25)23-32(30)36(33(31)24-29,27-11-7-5-8-12-27)28-13-9-6-10-14-28/h5-24H,1-4H3. The normalized spacial score (nSPS) is 17.9. The number of pyridine rings is 1. The van der Waals surface area contributed by atoms with Crippen molar-refractivity contribution in [1.82, 2.24) is 4.98 Å². The van der Waals surface area contributed by atoms with Crippen LogP contribution in [0.2, 0.25) is 0 Å². The number of aromatic nitrogens is 1. The van der Waals surface area contributed by atoms with Gasteiger partial charge in [-0.2, -0.15) is 0 Å². The Morgan fingerprint density at radius 3 is 1.65 bits per heavy atom. The summed E-state index contributed by atoms with van der Waals surface area (Å²) in [5.41, 5.74) is 9.54. The number of hydrogen-bond donors (Lipinski definition) is 0. The van der Waals surface area contributed by atoms with Crippen molar-refractivity contribution >= 4 is 12.6 Å². The topological polar surface area (TPSA) is 31.4 Å². The molecule has 0 unspecified atom stereocenters. The van der Waals surface area contributed by atoms with Crippen LogP contribution in [-0.2, 0) is 14.7 Å². The van der Waals surface area contributed by atoms with Crippen molar-refractivity contribution in [3.05, 3.63) is 144 Å². The third-order valence-corrected chi connectivity index (χ3v) is 9.11. The van der Waals surface area contributed by atoms with Crippen molar-refractivity contribution in [2.45, 2.75) is 44.3 Å². The molecule has 1 saturated heterocycles. The highest BCUT2D eigenvalue weighted by molar-refractivity contribution is 6.62. The maximum absolute atomic E-state index is 6.52. The highest BCUT2D eigenvalue weighted by atomic mass is 16.7. The molecule has 196 valence electrons. The monoisotopic (exact) mass is 521 g/mol. The average molecular weight is 521 g/mol. The van der Waals surface area contributed by atoms with Gasteiger partial charge in [-0.1, -0.05) is 91.0 Å². The van der Waals surface area contributed by atoms with Crippen molar-refractivity contribution < 1.29 is 9.31 Å². The molecule has 0 radical (unpaired) electrons. The van der Waals surface area contributed by atoms with Crippen LogP contribution in [0.3, 0.4) is 0 Å². The summed E-state index contributed by atoms with van der Waals surface area (Å²) in [4.78, 5) is 4.24. The molecule has 2 heterocycles. The van der Waals surface area contributed by atoms with E-state index in [1.165, 1.54) is 38.9 Å². The second kappa shape index (κ2) is 9.02. The van der Waals surface area contributed by atoms with Crippen LogP contribution in [0.1, 0.15) is 49.9 Å². The van der Waals surface area contributed by atoms with E-state index in [0.29, 0.717) is 0 Å². The first-order valence-electron chi connectivity index (χ1n) is 14.0. The van der Waals surface area contributed by atoms with Gasteiger partial charge in [-0.15, -0.1) is 0 Å². The lowest BCUT2D eigenvalue weighted by Gasteiger charge is -2.34. The summed E-state index contributed by atoms with van der Waals surface area (Å²) in [5, 5.41) is 0. The van der Waals surface area contributed by atoms with Gasteiger partial charge in [0.25, 0.3) is 0 Å². The van der Waals surface area contributed by atoms with E-state index in [1.807, 2.05) is 12.4 Å². The molecule has 40 heavy (non-hydrogen) atoms. The first kappa shape index (κ1) is 25.0. The first-order valence-corrected chi connectivity index (χ1v) is 14.0. The van der Waals surface area contributed by atoms with Crippen molar-refractivity contribution in [2.24, 2.45) is 0 Å². The van der Waals surface area contributed by atoms with Gasteiger partial charge in [0.15, 0.2) is 0 Å². The molecule has 0 saturated carbocycles. The Balaban J connectivity index is 1.52. The van der Waals surface area contributed by atoms with Crippen molar-refractivity contribution in [1.29, 1.82) is 0 Å². The van der Waals surface area contributed by atoms with E-state index < -0.39 is 23.7 Å². The lowest BCUT2D eigenvalue weighted by Crippen LogP contribution is -2.41. The van der Waals surface area contributed by atoms with E-state index in [-0.39, 0.29) is 0 Å². The molecule has 2 aliphatic rings. The number of rotatable bonds is 4. The smallest absolute Gasteiger partial charge is 0.399 e. The Morgan fingerprint density at radius 2 is 1.07 bits per heavy atom. The molecular formula is C36H32BNO2. The molecule has 0 bridgehead atoms. The third-order valence-electron chi connectivity index (χ3n) is 9.11. The van der Waals surface area contributed by atoms with E-state index in [2.05, 4.69) is 142 Å². The minimum atomic E-state index is -0.504. The molecule has 1 aliphatic carbocycles. The second-order valence-electron chi connectivity index (χ2n) is 11.9. The fourth-order valence-corrected chi connectivity index (χ4v) is 6.36. The molecule has 0 atom stereocenters. The lowest BCUT2D eigenvalue weighted by molar-refractivity contribution is 0.00578. The molecule has 0 amide bonds. The zero-order valence-electron chi connectivity index (χ0n) is 23.4. The maximum atomic E-state index is 6.52. The Hall–Kier alpha value is -3.99. The summed E-state index contributed by atoms with van der Waals surface area (Å²) in [7, 11) is -0.435. The van der Waals surface area contributed by atoms with E-state index >= 15 is 0 Å². The van der Waals surface area contributed by atoms with Gasteiger partial charge in [0.1, 0.15) is 0 Å². The van der Waals surface area contributed by atoms with Crippen LogP contribution in [0.25, 0.3) is 22.3 Å². The molecule has 3 nitrogen and oxygen atoms in total. The predicted molar refractivity (Wildman–Crippen MR) is 163 cm³/mol. The van der Waals surface area contributed by atoms with Gasteiger partial charge in [-0.05, 0) is 95.9 Å². The minimum Gasteiger partial charge on any atom is -0.399 e. The molecule has 4 aromatic carbocycles. The Bertz CT molecular complexity index is 1640. The maximum Gasteiger partial charge on any atom is 0.494 e. The van der Waals surface area contributed by atoms with Crippen molar-refractivity contribution in [2.75, 3.05) is 0 Å². The van der Waals surface area contributed by atoms with Gasteiger partial charge in [-0.3, -0.25) is 4.98 Å². The van der Waals surface area contributed by atoms with Crippen LogP contribution >= 0.6 is 0 Å². The Kier molecular flexibility index (Phi) is 5.64. The zero-order valence-corrected chi connectivity index (χ0v) is 23.4. The summed E-state index contributed by atoms with van der Waals surface area (Å²) in [6.07, 6.45) is 3.71. The Morgan fingerprint density at radius 1 is 0.550 bits per heavy atom. The molecule has 7 rings (SSSR count).